The summed E-state index contributed by atoms with van der Waals surface area (Å²) in [6.07, 6.45) is 3.02. The zero-order valence-corrected chi connectivity index (χ0v) is 12.2. The Balaban J connectivity index is 2.58. The van der Waals surface area contributed by atoms with Crippen LogP contribution < -0.4 is 0 Å². The fraction of sp³-hybridized carbons (Fsp3) is 0.0909. The monoisotopic (exact) mass is 399 g/mol. The number of hydrogen-bond acceptors (Lipinski definition) is 1. The normalized spacial score (nSPS) is 15.0. The third-order valence-electron chi connectivity index (χ3n) is 2.28. The second kappa shape index (κ2) is 4.18. The first kappa shape index (κ1) is 10.4. The molecule has 1 aromatic rings. The van der Waals surface area contributed by atoms with Crippen molar-refractivity contribution in [2.45, 2.75) is 11.3 Å². The van der Waals surface area contributed by atoms with Gasteiger partial charge in [0.25, 0.3) is 0 Å². The van der Waals surface area contributed by atoms with Crippen molar-refractivity contribution in [2.24, 2.45) is 0 Å². The van der Waals surface area contributed by atoms with Crippen LogP contribution in [0.3, 0.4) is 0 Å². The number of allylic oxidation sites excluding steroid dienone is 3. The molecule has 0 saturated carbocycles. The van der Waals surface area contributed by atoms with E-state index < -0.39 is 0 Å². The molecule has 14 heavy (non-hydrogen) atoms. The maximum atomic E-state index is 12.6. The van der Waals surface area contributed by atoms with E-state index in [9.17, 15) is 3.89 Å². The molecule has 0 bridgehead atoms. The Hall–Kier alpha value is -0.0979. The molecule has 0 unspecified atom stereocenters. The van der Waals surface area contributed by atoms with Crippen LogP contribution in [-0.4, -0.2) is 25.8 Å². The zero-order valence-electron chi connectivity index (χ0n) is 7.51. The van der Waals surface area contributed by atoms with Gasteiger partial charge in [0.15, 0.2) is 0 Å². The molecule has 0 nitrogen and oxygen atoms in total. The first-order valence-electron chi connectivity index (χ1n) is 4.24. The van der Waals surface area contributed by atoms with E-state index in [1.807, 2.05) is 18.2 Å². The van der Waals surface area contributed by atoms with E-state index in [0.29, 0.717) is 12.1 Å². The summed E-state index contributed by atoms with van der Waals surface area (Å²) in [5.41, 5.74) is 3.23. The topological polar surface area (TPSA) is 0 Å². The van der Waals surface area contributed by atoms with E-state index >= 15 is 0 Å². The third-order valence-corrected chi connectivity index (χ3v) is 4.07. The van der Waals surface area contributed by atoms with Crippen molar-refractivity contribution in [3.63, 3.8) is 0 Å². The standard InChI is InChI=1S/C11H8FS.Pb/c1-8-4-2-6-10-9(8)5-3-7-11(10)13-12;/h3-5,7H,1,6H2;. The number of fused-ring (bicyclic) bond motifs is 1. The Morgan fingerprint density at radius 3 is 2.93 bits per heavy atom. The Morgan fingerprint density at radius 1 is 1.43 bits per heavy atom. The first-order chi connectivity index (χ1) is 6.72. The third kappa shape index (κ3) is 1.82. The van der Waals surface area contributed by atoms with E-state index in [4.69, 9.17) is 0 Å². The molecule has 2 rings (SSSR count). The van der Waals surface area contributed by atoms with E-state index in [2.05, 4.69) is 12.7 Å². The average Bonchev–Trinajstić information content (AvgIpc) is 2.17. The number of hydrogen-bond donors (Lipinski definition) is 0. The van der Waals surface area contributed by atoms with Crippen molar-refractivity contribution >= 4 is 43.5 Å². The summed E-state index contributed by atoms with van der Waals surface area (Å²) in [5, 5.41) is 0. The van der Waals surface area contributed by atoms with Gasteiger partial charge in [-0.2, -0.15) is 0 Å². The summed E-state index contributed by atoms with van der Waals surface area (Å²) in [5.74, 6) is 0. The SMILES string of the molecule is C=C1C=[C]([Pb])Cc2c(SF)cccc21. The van der Waals surface area contributed by atoms with Gasteiger partial charge in [0.2, 0.25) is 0 Å². The van der Waals surface area contributed by atoms with E-state index in [-0.39, 0.29) is 0 Å². The summed E-state index contributed by atoms with van der Waals surface area (Å²) in [7, 11) is 0. The minimum atomic E-state index is 0.335. The molecule has 0 heterocycles. The fourth-order valence-electron chi connectivity index (χ4n) is 1.65. The molecular formula is C11H8FPbS. The van der Waals surface area contributed by atoms with Gasteiger partial charge in [-0.05, 0) is 0 Å². The molecule has 0 aromatic heterocycles. The molecule has 1 aliphatic rings. The average molecular weight is 398 g/mol. The second-order valence-electron chi connectivity index (χ2n) is 3.23. The Bertz CT molecular complexity index is 423. The van der Waals surface area contributed by atoms with Crippen LogP contribution >= 0.6 is 12.1 Å². The maximum absolute atomic E-state index is 12.6. The van der Waals surface area contributed by atoms with E-state index in [0.717, 1.165) is 53.8 Å². The molecule has 3 radical (unpaired) electrons. The molecule has 3 heteroatoms. The van der Waals surface area contributed by atoms with Gasteiger partial charge in [-0.3, -0.25) is 0 Å². The van der Waals surface area contributed by atoms with Crippen molar-refractivity contribution in [1.29, 1.82) is 0 Å². The summed E-state index contributed by atoms with van der Waals surface area (Å²) >= 11 is 1.36. The van der Waals surface area contributed by atoms with Gasteiger partial charge < -0.3 is 0 Å². The molecular weight excluding hydrogens is 390 g/mol. The fourth-order valence-corrected chi connectivity index (χ4v) is 3.42. The van der Waals surface area contributed by atoms with Crippen LogP contribution in [0.4, 0.5) is 3.89 Å². The first-order valence-corrected chi connectivity index (χ1v) is 6.90. The second-order valence-corrected chi connectivity index (χ2v) is 6.32. The molecule has 0 aliphatic heterocycles. The van der Waals surface area contributed by atoms with Crippen LogP contribution in [0.1, 0.15) is 11.1 Å². The Kier molecular flexibility index (Phi) is 3.11. The van der Waals surface area contributed by atoms with Crippen molar-refractivity contribution in [3.05, 3.63) is 45.1 Å². The van der Waals surface area contributed by atoms with Gasteiger partial charge in [-0.25, -0.2) is 0 Å². The van der Waals surface area contributed by atoms with Gasteiger partial charge in [0.1, 0.15) is 0 Å². The van der Waals surface area contributed by atoms with Crippen molar-refractivity contribution in [2.75, 3.05) is 0 Å². The molecule has 0 saturated heterocycles. The molecule has 69 valence electrons. The van der Waals surface area contributed by atoms with Gasteiger partial charge in [0.05, 0.1) is 0 Å². The van der Waals surface area contributed by atoms with Crippen molar-refractivity contribution in [3.8, 4) is 0 Å². The molecule has 0 amide bonds. The van der Waals surface area contributed by atoms with E-state index in [1.54, 1.807) is 0 Å². The molecule has 1 aromatic carbocycles. The van der Waals surface area contributed by atoms with Gasteiger partial charge in [0, 0.05) is 0 Å². The van der Waals surface area contributed by atoms with Gasteiger partial charge >= 0.3 is 104 Å². The Morgan fingerprint density at radius 2 is 2.21 bits per heavy atom. The van der Waals surface area contributed by atoms with Crippen LogP contribution in [0.2, 0.25) is 0 Å². The van der Waals surface area contributed by atoms with Crippen LogP contribution in [0, 0.1) is 0 Å². The van der Waals surface area contributed by atoms with E-state index in [1.165, 1.54) is 3.13 Å². The van der Waals surface area contributed by atoms with Crippen molar-refractivity contribution < 1.29 is 3.89 Å². The molecule has 0 N–H and O–H groups in total. The summed E-state index contributed by atoms with van der Waals surface area (Å²) in [6, 6.07) is 5.73. The summed E-state index contributed by atoms with van der Waals surface area (Å²) in [6.45, 7) is 4.00. The summed E-state index contributed by atoms with van der Waals surface area (Å²) < 4.78 is 14.0. The van der Waals surface area contributed by atoms with Crippen molar-refractivity contribution in [1.82, 2.24) is 0 Å². The van der Waals surface area contributed by atoms with Gasteiger partial charge in [-0.1, -0.05) is 0 Å². The summed E-state index contributed by atoms with van der Waals surface area (Å²) in [4.78, 5) is 0.741. The molecule has 0 atom stereocenters. The predicted octanol–water partition coefficient (Wildman–Crippen LogP) is 3.28. The quantitative estimate of drug-likeness (QED) is 0.655. The molecule has 0 fully saturated rings. The predicted molar refractivity (Wildman–Crippen MR) is 60.0 cm³/mol. The molecule has 1 aliphatic carbocycles. The Labute approximate surface area is 103 Å². The minimum absolute atomic E-state index is 0.335. The van der Waals surface area contributed by atoms with Crippen LogP contribution in [0.15, 0.2) is 38.9 Å². The number of rotatable bonds is 1. The van der Waals surface area contributed by atoms with Crippen LogP contribution in [0.5, 0.6) is 0 Å². The number of benzene rings is 1. The van der Waals surface area contributed by atoms with Crippen LogP contribution in [0.25, 0.3) is 5.57 Å². The van der Waals surface area contributed by atoms with Crippen LogP contribution in [-0.2, 0) is 6.42 Å². The molecule has 0 spiro atoms. The van der Waals surface area contributed by atoms with Gasteiger partial charge in [-0.15, -0.1) is 0 Å². The zero-order chi connectivity index (χ0) is 10.1. The number of halogens is 1.